The van der Waals surface area contributed by atoms with Gasteiger partial charge in [0.25, 0.3) is 0 Å². The standard InChI is InChI=1S/C16H20O5/c1-16(2)10-20-15(19)13(16)21-14(18)12(17)9-8-11-6-4-3-5-7-11/h3-7,12-13,17H,8-10H2,1-2H3/t12-,13-/m0/s1. The summed E-state index contributed by atoms with van der Waals surface area (Å²) in [5.41, 5.74) is 0.469. The zero-order valence-electron chi connectivity index (χ0n) is 12.2. The van der Waals surface area contributed by atoms with E-state index in [-0.39, 0.29) is 13.0 Å². The van der Waals surface area contributed by atoms with Crippen molar-refractivity contribution in [3.8, 4) is 0 Å². The van der Waals surface area contributed by atoms with Gasteiger partial charge in [0.2, 0.25) is 6.10 Å². The molecule has 1 aliphatic rings. The Hall–Kier alpha value is -1.88. The van der Waals surface area contributed by atoms with Crippen molar-refractivity contribution in [2.24, 2.45) is 5.41 Å². The van der Waals surface area contributed by atoms with Crippen molar-refractivity contribution in [3.63, 3.8) is 0 Å². The van der Waals surface area contributed by atoms with Crippen LogP contribution in [0.15, 0.2) is 30.3 Å². The van der Waals surface area contributed by atoms with E-state index < -0.39 is 29.6 Å². The lowest BCUT2D eigenvalue weighted by Gasteiger charge is -2.22. The van der Waals surface area contributed by atoms with Gasteiger partial charge in [0.1, 0.15) is 6.61 Å². The molecule has 1 aromatic carbocycles. The number of aliphatic hydroxyl groups is 1. The van der Waals surface area contributed by atoms with Crippen molar-refractivity contribution < 1.29 is 24.2 Å². The van der Waals surface area contributed by atoms with Crippen LogP contribution in [0.5, 0.6) is 0 Å². The summed E-state index contributed by atoms with van der Waals surface area (Å²) in [4.78, 5) is 23.4. The zero-order chi connectivity index (χ0) is 15.5. The van der Waals surface area contributed by atoms with Crippen molar-refractivity contribution in [1.82, 2.24) is 0 Å². The molecular formula is C16H20O5. The maximum Gasteiger partial charge on any atom is 0.348 e. The van der Waals surface area contributed by atoms with Crippen molar-refractivity contribution >= 4 is 11.9 Å². The van der Waals surface area contributed by atoms with Crippen molar-refractivity contribution in [2.75, 3.05) is 6.61 Å². The summed E-state index contributed by atoms with van der Waals surface area (Å²) >= 11 is 0. The number of aliphatic hydroxyl groups excluding tert-OH is 1. The fourth-order valence-electron chi connectivity index (χ4n) is 2.20. The third-order valence-corrected chi connectivity index (χ3v) is 3.57. The largest absolute Gasteiger partial charge is 0.462 e. The van der Waals surface area contributed by atoms with E-state index >= 15 is 0 Å². The Balaban J connectivity index is 1.87. The van der Waals surface area contributed by atoms with Gasteiger partial charge in [-0.05, 0) is 18.4 Å². The lowest BCUT2D eigenvalue weighted by molar-refractivity contribution is -0.170. The predicted molar refractivity (Wildman–Crippen MR) is 75.4 cm³/mol. The van der Waals surface area contributed by atoms with Crippen LogP contribution in [0.4, 0.5) is 0 Å². The van der Waals surface area contributed by atoms with Gasteiger partial charge in [-0.2, -0.15) is 0 Å². The Labute approximate surface area is 123 Å². The van der Waals surface area contributed by atoms with E-state index in [4.69, 9.17) is 9.47 Å². The van der Waals surface area contributed by atoms with E-state index in [0.717, 1.165) is 5.56 Å². The molecule has 0 radical (unpaired) electrons. The molecule has 0 spiro atoms. The summed E-state index contributed by atoms with van der Waals surface area (Å²) in [5, 5.41) is 9.87. The highest BCUT2D eigenvalue weighted by Crippen LogP contribution is 2.31. The molecule has 2 atom stereocenters. The van der Waals surface area contributed by atoms with Gasteiger partial charge in [0.05, 0.1) is 0 Å². The number of carbonyl (C=O) groups excluding carboxylic acids is 2. The van der Waals surface area contributed by atoms with Gasteiger partial charge in [-0.1, -0.05) is 44.2 Å². The van der Waals surface area contributed by atoms with Crippen LogP contribution in [0.1, 0.15) is 25.8 Å². The number of aryl methyl sites for hydroxylation is 1. The van der Waals surface area contributed by atoms with Crippen LogP contribution in [-0.2, 0) is 25.5 Å². The Bertz CT molecular complexity index is 509. The molecular weight excluding hydrogens is 272 g/mol. The Kier molecular flexibility index (Phi) is 4.63. The maximum atomic E-state index is 11.9. The van der Waals surface area contributed by atoms with E-state index in [1.165, 1.54) is 0 Å². The van der Waals surface area contributed by atoms with Gasteiger partial charge in [0, 0.05) is 5.41 Å². The molecule has 5 nitrogen and oxygen atoms in total. The first-order valence-corrected chi connectivity index (χ1v) is 6.99. The van der Waals surface area contributed by atoms with Crippen LogP contribution in [0.25, 0.3) is 0 Å². The topological polar surface area (TPSA) is 72.8 Å². The molecule has 1 heterocycles. The van der Waals surface area contributed by atoms with Crippen LogP contribution in [-0.4, -0.2) is 35.9 Å². The molecule has 0 bridgehead atoms. The Morgan fingerprint density at radius 1 is 1.43 bits per heavy atom. The SMILES string of the molecule is CC1(C)COC(=O)[C@@H]1OC(=O)[C@@H](O)CCc1ccccc1. The van der Waals surface area contributed by atoms with Crippen LogP contribution in [0.2, 0.25) is 0 Å². The fraction of sp³-hybridized carbons (Fsp3) is 0.500. The highest BCUT2D eigenvalue weighted by molar-refractivity contribution is 5.83. The fourth-order valence-corrected chi connectivity index (χ4v) is 2.20. The summed E-state index contributed by atoms with van der Waals surface area (Å²) in [6.07, 6.45) is -1.37. The van der Waals surface area contributed by atoms with Gasteiger partial charge in [0.15, 0.2) is 6.10 Å². The first-order chi connectivity index (χ1) is 9.90. The van der Waals surface area contributed by atoms with Crippen molar-refractivity contribution in [3.05, 3.63) is 35.9 Å². The maximum absolute atomic E-state index is 11.9. The lowest BCUT2D eigenvalue weighted by atomic mass is 9.90. The Morgan fingerprint density at radius 2 is 2.10 bits per heavy atom. The number of hydrogen-bond acceptors (Lipinski definition) is 5. The minimum absolute atomic E-state index is 0.212. The average Bonchev–Trinajstić information content (AvgIpc) is 2.72. The zero-order valence-corrected chi connectivity index (χ0v) is 12.2. The van der Waals surface area contributed by atoms with Gasteiger partial charge in [-0.15, -0.1) is 0 Å². The smallest absolute Gasteiger partial charge is 0.348 e. The van der Waals surface area contributed by atoms with Gasteiger partial charge >= 0.3 is 11.9 Å². The number of benzene rings is 1. The van der Waals surface area contributed by atoms with Gasteiger partial charge in [-0.3, -0.25) is 0 Å². The molecule has 0 aliphatic carbocycles. The van der Waals surface area contributed by atoms with E-state index in [1.54, 1.807) is 13.8 Å². The quantitative estimate of drug-likeness (QED) is 0.832. The molecule has 0 unspecified atom stereocenters. The molecule has 1 aliphatic heterocycles. The molecule has 2 rings (SSSR count). The molecule has 1 N–H and O–H groups in total. The van der Waals surface area contributed by atoms with Crippen LogP contribution in [0, 0.1) is 5.41 Å². The van der Waals surface area contributed by atoms with Gasteiger partial charge < -0.3 is 14.6 Å². The number of cyclic esters (lactones) is 1. The molecule has 0 amide bonds. The molecule has 21 heavy (non-hydrogen) atoms. The molecule has 5 heteroatoms. The van der Waals surface area contributed by atoms with E-state index in [9.17, 15) is 14.7 Å². The van der Waals surface area contributed by atoms with E-state index in [0.29, 0.717) is 6.42 Å². The van der Waals surface area contributed by atoms with E-state index in [1.807, 2.05) is 30.3 Å². The average molecular weight is 292 g/mol. The summed E-state index contributed by atoms with van der Waals surface area (Å²) in [7, 11) is 0. The minimum atomic E-state index is -1.24. The second-order valence-corrected chi connectivity index (χ2v) is 5.95. The first kappa shape index (κ1) is 15.5. The van der Waals surface area contributed by atoms with E-state index in [2.05, 4.69) is 0 Å². The normalized spacial score (nSPS) is 21.7. The molecule has 1 fully saturated rings. The Morgan fingerprint density at radius 3 is 2.67 bits per heavy atom. The lowest BCUT2D eigenvalue weighted by Crippen LogP contribution is -2.38. The summed E-state index contributed by atoms with van der Waals surface area (Å²) < 4.78 is 10.0. The molecule has 0 aromatic heterocycles. The minimum Gasteiger partial charge on any atom is -0.462 e. The third kappa shape index (κ3) is 3.82. The van der Waals surface area contributed by atoms with Crippen LogP contribution >= 0.6 is 0 Å². The number of hydrogen-bond donors (Lipinski definition) is 1. The second kappa shape index (κ2) is 6.26. The second-order valence-electron chi connectivity index (χ2n) is 5.95. The summed E-state index contributed by atoms with van der Waals surface area (Å²) in [5.74, 6) is -1.33. The van der Waals surface area contributed by atoms with Crippen molar-refractivity contribution in [2.45, 2.75) is 38.9 Å². The number of carbonyl (C=O) groups is 2. The van der Waals surface area contributed by atoms with Crippen molar-refractivity contribution in [1.29, 1.82) is 0 Å². The molecule has 1 saturated heterocycles. The summed E-state index contributed by atoms with van der Waals surface area (Å²) in [6, 6.07) is 9.56. The molecule has 0 saturated carbocycles. The number of rotatable bonds is 5. The first-order valence-electron chi connectivity index (χ1n) is 6.99. The highest BCUT2D eigenvalue weighted by atomic mass is 16.6. The summed E-state index contributed by atoms with van der Waals surface area (Å²) in [6.45, 7) is 3.78. The molecule has 1 aromatic rings. The number of esters is 2. The van der Waals surface area contributed by atoms with Crippen LogP contribution < -0.4 is 0 Å². The molecule has 114 valence electrons. The number of ether oxygens (including phenoxy) is 2. The third-order valence-electron chi connectivity index (χ3n) is 3.57. The monoisotopic (exact) mass is 292 g/mol. The van der Waals surface area contributed by atoms with Gasteiger partial charge in [-0.25, -0.2) is 9.59 Å². The predicted octanol–water partition coefficient (Wildman–Crippen LogP) is 1.47. The highest BCUT2D eigenvalue weighted by Gasteiger charge is 2.47. The van der Waals surface area contributed by atoms with Crippen LogP contribution in [0.3, 0.4) is 0 Å².